The van der Waals surface area contributed by atoms with E-state index in [-0.39, 0.29) is 0 Å². The quantitative estimate of drug-likeness (QED) is 0.846. The predicted molar refractivity (Wildman–Crippen MR) is 73.5 cm³/mol. The monoisotopic (exact) mass is 253 g/mol. The summed E-state index contributed by atoms with van der Waals surface area (Å²) in [6.45, 7) is 2.59. The zero-order valence-electron chi connectivity index (χ0n) is 10.6. The Morgan fingerprint density at radius 3 is 3.00 bits per heavy atom. The number of rotatable bonds is 5. The number of aliphatic hydroxyl groups is 1. The summed E-state index contributed by atoms with van der Waals surface area (Å²) in [5.41, 5.74) is 1.42. The Hall–Kier alpha value is -0.380. The molecule has 0 unspecified atom stereocenters. The molecule has 1 aromatic heterocycles. The van der Waals surface area contributed by atoms with E-state index in [4.69, 9.17) is 0 Å². The van der Waals surface area contributed by atoms with Gasteiger partial charge < -0.3 is 10.4 Å². The zero-order valence-corrected chi connectivity index (χ0v) is 11.4. The molecule has 1 heterocycles. The molecule has 2 N–H and O–H groups in total. The van der Waals surface area contributed by atoms with Gasteiger partial charge in [-0.2, -0.15) is 11.3 Å². The normalized spacial score (nSPS) is 26.9. The standard InChI is InChI=1S/C14H23NOS/c1-11(8-12-6-7-17-10-12)15-14-5-3-2-4-13(14)9-16/h6-7,10-11,13-16H,2-5,8-9H2,1H3/t11-,13+,14+/m1/s1. The predicted octanol–water partition coefficient (Wildman–Crippen LogP) is 2.82. The van der Waals surface area contributed by atoms with Crippen LogP contribution in [-0.4, -0.2) is 23.8 Å². The largest absolute Gasteiger partial charge is 0.396 e. The van der Waals surface area contributed by atoms with Crippen LogP contribution in [0.3, 0.4) is 0 Å². The Labute approximate surface area is 108 Å². The second kappa shape index (κ2) is 6.53. The van der Waals surface area contributed by atoms with E-state index in [1.54, 1.807) is 11.3 Å². The van der Waals surface area contributed by atoms with Gasteiger partial charge in [-0.05, 0) is 54.5 Å². The number of thiophene rings is 1. The van der Waals surface area contributed by atoms with Gasteiger partial charge in [0.15, 0.2) is 0 Å². The molecule has 17 heavy (non-hydrogen) atoms. The molecule has 0 bridgehead atoms. The minimum atomic E-state index is 0.336. The fourth-order valence-electron chi connectivity index (χ4n) is 2.83. The maximum Gasteiger partial charge on any atom is 0.0474 e. The van der Waals surface area contributed by atoms with E-state index in [0.29, 0.717) is 24.6 Å². The third-order valence-electron chi connectivity index (χ3n) is 3.76. The fourth-order valence-corrected chi connectivity index (χ4v) is 3.51. The van der Waals surface area contributed by atoms with Gasteiger partial charge in [-0.25, -0.2) is 0 Å². The van der Waals surface area contributed by atoms with Crippen molar-refractivity contribution < 1.29 is 5.11 Å². The van der Waals surface area contributed by atoms with Gasteiger partial charge in [-0.3, -0.25) is 0 Å². The molecule has 0 spiro atoms. The van der Waals surface area contributed by atoms with E-state index < -0.39 is 0 Å². The smallest absolute Gasteiger partial charge is 0.0474 e. The highest BCUT2D eigenvalue weighted by Gasteiger charge is 2.25. The van der Waals surface area contributed by atoms with Gasteiger partial charge >= 0.3 is 0 Å². The van der Waals surface area contributed by atoms with Crippen LogP contribution >= 0.6 is 11.3 Å². The third kappa shape index (κ3) is 3.80. The van der Waals surface area contributed by atoms with Crippen LogP contribution in [0.25, 0.3) is 0 Å². The van der Waals surface area contributed by atoms with Crippen LogP contribution in [0.4, 0.5) is 0 Å². The topological polar surface area (TPSA) is 32.3 Å². The molecule has 1 aliphatic rings. The van der Waals surface area contributed by atoms with Crippen molar-refractivity contribution >= 4 is 11.3 Å². The molecule has 0 aromatic carbocycles. The molecular weight excluding hydrogens is 230 g/mol. The molecule has 1 fully saturated rings. The lowest BCUT2D eigenvalue weighted by Crippen LogP contribution is -2.45. The Kier molecular flexibility index (Phi) is 5.01. The highest BCUT2D eigenvalue weighted by atomic mass is 32.1. The number of hydrogen-bond acceptors (Lipinski definition) is 3. The molecule has 0 aliphatic heterocycles. The molecule has 3 atom stereocenters. The Morgan fingerprint density at radius 1 is 1.47 bits per heavy atom. The van der Waals surface area contributed by atoms with Crippen molar-refractivity contribution in [1.29, 1.82) is 0 Å². The number of nitrogens with one attached hydrogen (secondary N) is 1. The molecule has 1 saturated carbocycles. The van der Waals surface area contributed by atoms with Gasteiger partial charge in [-0.15, -0.1) is 0 Å². The van der Waals surface area contributed by atoms with Crippen molar-refractivity contribution in [3.05, 3.63) is 22.4 Å². The van der Waals surface area contributed by atoms with Crippen LogP contribution < -0.4 is 5.32 Å². The van der Waals surface area contributed by atoms with E-state index in [2.05, 4.69) is 29.1 Å². The van der Waals surface area contributed by atoms with Gasteiger partial charge in [0.1, 0.15) is 0 Å². The summed E-state index contributed by atoms with van der Waals surface area (Å²) in [6.07, 6.45) is 6.08. The van der Waals surface area contributed by atoms with E-state index in [1.165, 1.54) is 31.2 Å². The minimum Gasteiger partial charge on any atom is -0.396 e. The van der Waals surface area contributed by atoms with E-state index in [0.717, 1.165) is 6.42 Å². The van der Waals surface area contributed by atoms with Crippen LogP contribution in [0.2, 0.25) is 0 Å². The van der Waals surface area contributed by atoms with Crippen molar-refractivity contribution in [1.82, 2.24) is 5.32 Å². The summed E-state index contributed by atoms with van der Waals surface area (Å²) in [5.74, 6) is 0.466. The first-order valence-electron chi connectivity index (χ1n) is 6.67. The summed E-state index contributed by atoms with van der Waals surface area (Å²) < 4.78 is 0. The van der Waals surface area contributed by atoms with Crippen molar-refractivity contribution in [3.8, 4) is 0 Å². The van der Waals surface area contributed by atoms with Crippen molar-refractivity contribution in [2.75, 3.05) is 6.61 Å². The first kappa shape index (κ1) is 13.1. The molecule has 3 heteroatoms. The molecule has 0 radical (unpaired) electrons. The second-order valence-electron chi connectivity index (χ2n) is 5.24. The molecule has 96 valence electrons. The Balaban J connectivity index is 1.82. The third-order valence-corrected chi connectivity index (χ3v) is 4.50. The van der Waals surface area contributed by atoms with Crippen molar-refractivity contribution in [2.45, 2.75) is 51.1 Å². The molecule has 0 amide bonds. The second-order valence-corrected chi connectivity index (χ2v) is 6.02. The molecule has 2 rings (SSSR count). The average molecular weight is 253 g/mol. The van der Waals surface area contributed by atoms with Crippen LogP contribution in [0.1, 0.15) is 38.2 Å². The van der Waals surface area contributed by atoms with Gasteiger partial charge in [0.2, 0.25) is 0 Å². The summed E-state index contributed by atoms with van der Waals surface area (Å²) in [5, 5.41) is 17.5. The first-order chi connectivity index (χ1) is 8.29. The maximum absolute atomic E-state index is 9.39. The van der Waals surface area contributed by atoms with Gasteiger partial charge in [0.05, 0.1) is 0 Å². The summed E-state index contributed by atoms with van der Waals surface area (Å²) in [6, 6.07) is 3.22. The van der Waals surface area contributed by atoms with Crippen LogP contribution in [0.15, 0.2) is 16.8 Å². The molecule has 1 aromatic rings. The van der Waals surface area contributed by atoms with Crippen molar-refractivity contribution in [3.63, 3.8) is 0 Å². The fraction of sp³-hybridized carbons (Fsp3) is 0.714. The van der Waals surface area contributed by atoms with E-state index in [9.17, 15) is 5.11 Å². The highest BCUT2D eigenvalue weighted by molar-refractivity contribution is 7.07. The lowest BCUT2D eigenvalue weighted by molar-refractivity contribution is 0.147. The summed E-state index contributed by atoms with van der Waals surface area (Å²) >= 11 is 1.76. The zero-order chi connectivity index (χ0) is 12.1. The van der Waals surface area contributed by atoms with E-state index >= 15 is 0 Å². The van der Waals surface area contributed by atoms with Crippen molar-refractivity contribution in [2.24, 2.45) is 5.92 Å². The van der Waals surface area contributed by atoms with E-state index in [1.807, 2.05) is 0 Å². The van der Waals surface area contributed by atoms with Crippen LogP contribution in [-0.2, 0) is 6.42 Å². The summed E-state index contributed by atoms with van der Waals surface area (Å²) in [4.78, 5) is 0. The van der Waals surface area contributed by atoms with Gasteiger partial charge in [0, 0.05) is 18.7 Å². The molecule has 1 aliphatic carbocycles. The van der Waals surface area contributed by atoms with Gasteiger partial charge in [0.25, 0.3) is 0 Å². The van der Waals surface area contributed by atoms with Gasteiger partial charge in [-0.1, -0.05) is 12.8 Å². The maximum atomic E-state index is 9.39. The van der Waals surface area contributed by atoms with Crippen LogP contribution in [0, 0.1) is 5.92 Å². The van der Waals surface area contributed by atoms with Crippen LogP contribution in [0.5, 0.6) is 0 Å². The molecular formula is C14H23NOS. The number of hydrogen-bond donors (Lipinski definition) is 2. The minimum absolute atomic E-state index is 0.336. The lowest BCUT2D eigenvalue weighted by Gasteiger charge is -2.33. The Bertz CT molecular complexity index is 312. The SMILES string of the molecule is C[C@H](Cc1ccsc1)N[C@H]1CCCC[C@H]1CO. The molecule has 2 nitrogen and oxygen atoms in total. The number of aliphatic hydroxyl groups excluding tert-OH is 1. The highest BCUT2D eigenvalue weighted by Crippen LogP contribution is 2.24. The molecule has 0 saturated heterocycles. The Morgan fingerprint density at radius 2 is 2.29 bits per heavy atom. The summed E-state index contributed by atoms with van der Waals surface area (Å²) in [7, 11) is 0. The first-order valence-corrected chi connectivity index (χ1v) is 7.62. The average Bonchev–Trinajstić information content (AvgIpc) is 2.82. The lowest BCUT2D eigenvalue weighted by atomic mass is 9.84.